The zero-order valence-electron chi connectivity index (χ0n) is 18.8. The first-order valence-electron chi connectivity index (χ1n) is 11.4. The maximum atomic E-state index is 13.2. The number of nitrogens with one attached hydrogen (secondary N) is 1. The number of hydrogen-bond donors (Lipinski definition) is 1. The molecule has 8 heteroatoms. The number of nitrogens with zero attached hydrogens (tertiary/aromatic N) is 1. The van der Waals surface area contributed by atoms with Crippen LogP contribution in [-0.4, -0.2) is 50.1 Å². The number of ether oxygens (including phenoxy) is 1. The largest absolute Gasteiger partial charge is 0.452 e. The highest BCUT2D eigenvalue weighted by Gasteiger charge is 2.60. The minimum atomic E-state index is -1.71. The summed E-state index contributed by atoms with van der Waals surface area (Å²) >= 11 is 0. The van der Waals surface area contributed by atoms with Gasteiger partial charge in [0.1, 0.15) is 11.4 Å². The van der Waals surface area contributed by atoms with E-state index in [4.69, 9.17) is 4.74 Å². The lowest BCUT2D eigenvalue weighted by atomic mass is 10.0. The Kier molecular flexibility index (Phi) is 6.46. The molecule has 2 unspecified atom stereocenters. The highest BCUT2D eigenvalue weighted by atomic mass is 32.2. The second kappa shape index (κ2) is 9.84. The van der Waals surface area contributed by atoms with Gasteiger partial charge in [-0.2, -0.15) is 0 Å². The van der Waals surface area contributed by atoms with Gasteiger partial charge < -0.3 is 15.0 Å². The lowest BCUT2D eigenvalue weighted by molar-refractivity contribution is -0.150. The first-order chi connectivity index (χ1) is 17.0. The van der Waals surface area contributed by atoms with Crippen LogP contribution in [0.25, 0.3) is 0 Å². The Balaban J connectivity index is 1.27. The van der Waals surface area contributed by atoms with Crippen molar-refractivity contribution in [3.63, 3.8) is 0 Å². The second-order valence-electron chi connectivity index (χ2n) is 8.54. The Bertz CT molecular complexity index is 1210. The normalized spacial score (nSPS) is 22.9. The molecule has 2 aliphatic rings. The molecule has 5 rings (SSSR count). The van der Waals surface area contributed by atoms with Crippen LogP contribution in [0.1, 0.15) is 22.8 Å². The molecule has 0 spiro atoms. The van der Waals surface area contributed by atoms with Crippen LogP contribution in [0.2, 0.25) is 0 Å². The van der Waals surface area contributed by atoms with Gasteiger partial charge in [-0.3, -0.25) is 18.6 Å². The molecule has 2 fully saturated rings. The molecule has 2 aliphatic heterocycles. The van der Waals surface area contributed by atoms with Crippen LogP contribution in [0.15, 0.2) is 91.0 Å². The third-order valence-corrected chi connectivity index (χ3v) is 8.15. The molecule has 2 heterocycles. The maximum Gasteiger partial charge on any atom is 0.324 e. The monoisotopic (exact) mass is 488 g/mol. The fraction of sp³-hybridized carbons (Fsp3) is 0.222. The summed E-state index contributed by atoms with van der Waals surface area (Å²) < 4.78 is 19.1. The molecule has 0 bridgehead atoms. The summed E-state index contributed by atoms with van der Waals surface area (Å²) in [5.41, 5.74) is 2.40. The molecule has 35 heavy (non-hydrogen) atoms. The minimum absolute atomic E-state index is 0.0102. The fourth-order valence-electron chi connectivity index (χ4n) is 4.48. The number of rotatable bonds is 7. The average molecular weight is 489 g/mol. The van der Waals surface area contributed by atoms with Crippen LogP contribution < -0.4 is 5.32 Å². The van der Waals surface area contributed by atoms with Crippen LogP contribution in [0.3, 0.4) is 0 Å². The van der Waals surface area contributed by atoms with Gasteiger partial charge in [-0.15, -0.1) is 0 Å². The van der Waals surface area contributed by atoms with E-state index in [1.807, 2.05) is 91.0 Å². The predicted octanol–water partition coefficient (Wildman–Crippen LogP) is 2.35. The number of benzene rings is 3. The molecule has 3 aromatic rings. The average Bonchev–Trinajstić information content (AvgIpc) is 3.20. The number of fused-ring (bicyclic) bond motifs is 1. The first kappa shape index (κ1) is 23.0. The van der Waals surface area contributed by atoms with Gasteiger partial charge in [0.15, 0.2) is 11.4 Å². The summed E-state index contributed by atoms with van der Waals surface area (Å²) in [6.45, 7) is 0.0102. The van der Waals surface area contributed by atoms with E-state index < -0.39 is 39.5 Å². The zero-order valence-corrected chi connectivity index (χ0v) is 19.6. The van der Waals surface area contributed by atoms with Crippen molar-refractivity contribution in [1.82, 2.24) is 10.2 Å². The molecule has 0 saturated carbocycles. The van der Waals surface area contributed by atoms with Gasteiger partial charge >= 0.3 is 5.97 Å². The van der Waals surface area contributed by atoms with Crippen molar-refractivity contribution in [1.29, 1.82) is 0 Å². The van der Waals surface area contributed by atoms with Crippen LogP contribution in [0, 0.1) is 0 Å². The molecule has 1 N–H and O–H groups in total. The number of amides is 2. The van der Waals surface area contributed by atoms with Crippen molar-refractivity contribution in [2.24, 2.45) is 0 Å². The molecule has 7 nitrogen and oxygen atoms in total. The molecule has 3 aromatic carbocycles. The summed E-state index contributed by atoms with van der Waals surface area (Å²) in [6, 6.07) is 26.9. The van der Waals surface area contributed by atoms with Gasteiger partial charge in [-0.1, -0.05) is 91.0 Å². The Morgan fingerprint density at radius 2 is 1.46 bits per heavy atom. The molecule has 4 atom stereocenters. The number of hydrogen-bond acceptors (Lipinski definition) is 5. The van der Waals surface area contributed by atoms with Crippen LogP contribution in [0.5, 0.6) is 0 Å². The number of carbonyl (C=O) groups is 3. The Morgan fingerprint density at radius 3 is 2.03 bits per heavy atom. The van der Waals surface area contributed by atoms with E-state index in [0.717, 1.165) is 16.7 Å². The van der Waals surface area contributed by atoms with Crippen LogP contribution in [-0.2, 0) is 36.3 Å². The molecule has 178 valence electrons. The molecule has 2 saturated heterocycles. The molecular formula is C27H24N2O5S. The summed E-state index contributed by atoms with van der Waals surface area (Å²) in [5, 5.41) is 0.986. The van der Waals surface area contributed by atoms with E-state index >= 15 is 0 Å². The SMILES string of the molecule is O=C(Cc1ccccc1)N[C@@H]1C(=O)N2CC(C(=O)OC(c3ccccc3)c3ccccc3)S(=O)[C@H]12. The summed E-state index contributed by atoms with van der Waals surface area (Å²) in [7, 11) is -1.71. The van der Waals surface area contributed by atoms with Gasteiger partial charge in [0, 0.05) is 6.54 Å². The van der Waals surface area contributed by atoms with E-state index in [-0.39, 0.29) is 24.8 Å². The lowest BCUT2D eigenvalue weighted by Crippen LogP contribution is -2.69. The van der Waals surface area contributed by atoms with Crippen LogP contribution in [0.4, 0.5) is 0 Å². The Morgan fingerprint density at radius 1 is 0.914 bits per heavy atom. The van der Waals surface area contributed by atoms with Gasteiger partial charge in [-0.05, 0) is 16.7 Å². The Labute approximate surface area is 205 Å². The van der Waals surface area contributed by atoms with Crippen molar-refractivity contribution in [2.45, 2.75) is 29.2 Å². The highest BCUT2D eigenvalue weighted by molar-refractivity contribution is 7.87. The standard InChI is InChI=1S/C27H24N2O5S/c30-22(16-18-10-4-1-5-11-18)28-23-25(31)29-17-21(35(33)26(23)29)27(32)34-24(19-12-6-2-7-13-19)20-14-8-3-9-15-20/h1-15,21,23-24,26H,16-17H2,(H,28,30)/t21?,23-,26-,35?/m1/s1. The number of β-lactam (4-membered cyclic amide) rings is 1. The molecular weight excluding hydrogens is 464 g/mol. The first-order valence-corrected chi connectivity index (χ1v) is 12.6. The predicted molar refractivity (Wildman–Crippen MR) is 130 cm³/mol. The number of carbonyl (C=O) groups excluding carboxylic acids is 3. The maximum absolute atomic E-state index is 13.2. The van der Waals surface area contributed by atoms with E-state index in [2.05, 4.69) is 5.32 Å². The fourth-order valence-corrected chi connectivity index (χ4v) is 6.26. The van der Waals surface area contributed by atoms with Crippen molar-refractivity contribution >= 4 is 28.6 Å². The lowest BCUT2D eigenvalue weighted by Gasteiger charge is -2.41. The van der Waals surface area contributed by atoms with E-state index in [1.165, 1.54) is 4.90 Å². The molecule has 2 amide bonds. The molecule has 0 aliphatic carbocycles. The zero-order chi connectivity index (χ0) is 24.4. The Hall–Kier alpha value is -3.78. The summed E-state index contributed by atoms with van der Waals surface area (Å²) in [4.78, 5) is 39.7. The second-order valence-corrected chi connectivity index (χ2v) is 10.3. The van der Waals surface area contributed by atoms with Crippen LogP contribution >= 0.6 is 0 Å². The quantitative estimate of drug-likeness (QED) is 0.407. The molecule has 0 aromatic heterocycles. The van der Waals surface area contributed by atoms with Crippen molar-refractivity contribution in [2.75, 3.05) is 6.54 Å². The smallest absolute Gasteiger partial charge is 0.324 e. The van der Waals surface area contributed by atoms with E-state index in [9.17, 15) is 18.6 Å². The molecule has 0 radical (unpaired) electrons. The van der Waals surface area contributed by atoms with Gasteiger partial charge in [-0.25, -0.2) is 0 Å². The number of esters is 1. The topological polar surface area (TPSA) is 92.8 Å². The highest BCUT2D eigenvalue weighted by Crippen LogP contribution is 2.35. The third kappa shape index (κ3) is 4.61. The van der Waals surface area contributed by atoms with E-state index in [0.29, 0.717) is 0 Å². The van der Waals surface area contributed by atoms with E-state index in [1.54, 1.807) is 0 Å². The summed E-state index contributed by atoms with van der Waals surface area (Å²) in [6.07, 6.45) is -0.544. The van der Waals surface area contributed by atoms with Gasteiger partial charge in [0.2, 0.25) is 11.8 Å². The minimum Gasteiger partial charge on any atom is -0.452 e. The van der Waals surface area contributed by atoms with Crippen molar-refractivity contribution < 1.29 is 23.3 Å². The van der Waals surface area contributed by atoms with Crippen molar-refractivity contribution in [3.05, 3.63) is 108 Å². The van der Waals surface area contributed by atoms with Gasteiger partial charge in [0.05, 0.1) is 17.2 Å². The van der Waals surface area contributed by atoms with Gasteiger partial charge in [0.25, 0.3) is 0 Å². The van der Waals surface area contributed by atoms with Crippen molar-refractivity contribution in [3.8, 4) is 0 Å². The summed E-state index contributed by atoms with van der Waals surface area (Å²) in [5.74, 6) is -1.29. The third-order valence-electron chi connectivity index (χ3n) is 6.25.